The summed E-state index contributed by atoms with van der Waals surface area (Å²) in [5.74, 6) is 0. The van der Waals surface area contributed by atoms with Crippen LogP contribution in [0, 0.1) is 0 Å². The fraction of sp³-hybridized carbons (Fsp3) is 0.667. The third-order valence-electron chi connectivity index (χ3n) is 0. The number of thiocarbonyl (C=S) groups is 1. The van der Waals surface area contributed by atoms with E-state index in [0.29, 0.717) is 0 Å². The maximum absolute atomic E-state index is 4.71. The number of hydrogen-bond acceptors (Lipinski definition) is 1. The Morgan fingerprint density at radius 2 is 2.00 bits per heavy atom. The topological polar surface area (TPSA) is 26.0 Å². The molecule has 0 rings (SSSR count). The minimum absolute atomic E-state index is 0.194. The monoisotopic (exact) mass is 186 g/mol. The van der Waals surface area contributed by atoms with Gasteiger partial charge in [0, 0.05) is 0 Å². The summed E-state index contributed by atoms with van der Waals surface area (Å²) in [4.78, 5) is 0. The Bertz CT molecular complexity index is 44.2. The van der Waals surface area contributed by atoms with Gasteiger partial charge in [-0.1, -0.05) is 12.2 Å². The maximum Gasteiger partial charge on any atom is 0.128 e. The molecule has 0 aliphatic rings. The molecular formula is C3H8NS2Zn. The molecule has 0 aromatic carbocycles. The van der Waals surface area contributed by atoms with Crippen LogP contribution in [-0.2, 0) is 18.3 Å². The molecule has 0 spiro atoms. The van der Waals surface area contributed by atoms with E-state index >= 15 is 0 Å². The Labute approximate surface area is 65.1 Å². The fourth-order valence-corrected chi connectivity index (χ4v) is 0. The van der Waals surface area contributed by atoms with Crippen molar-refractivity contribution in [1.29, 1.82) is 0 Å². The second-order valence-electron chi connectivity index (χ2n) is 0.838. The van der Waals surface area contributed by atoms with Crippen LogP contribution < -0.4 is 5.73 Å². The summed E-state index contributed by atoms with van der Waals surface area (Å²) in [7, 11) is 0. The van der Waals surface area contributed by atoms with Crippen molar-refractivity contribution in [3.8, 4) is 0 Å². The Balaban J connectivity index is 0. The average Bonchev–Trinajstić information content (AvgIpc) is 1.33. The molecule has 7 heavy (non-hydrogen) atoms. The van der Waals surface area contributed by atoms with Gasteiger partial charge in [0.2, 0.25) is 0 Å². The summed E-state index contributed by atoms with van der Waals surface area (Å²) in [6, 6.07) is 0. The van der Waals surface area contributed by atoms with Gasteiger partial charge >= 0.3 is 30.2 Å². The molecule has 4 heteroatoms. The van der Waals surface area contributed by atoms with Gasteiger partial charge < -0.3 is 5.73 Å². The maximum atomic E-state index is 4.71. The third kappa shape index (κ3) is 218. The van der Waals surface area contributed by atoms with Crippen molar-refractivity contribution >= 4 is 29.2 Å². The van der Waals surface area contributed by atoms with Crippen molar-refractivity contribution in [2.45, 2.75) is 11.9 Å². The Morgan fingerprint density at radius 1 is 2.00 bits per heavy atom. The zero-order valence-corrected chi connectivity index (χ0v) is 9.03. The van der Waals surface area contributed by atoms with E-state index in [2.05, 4.69) is 31.8 Å². The molecule has 1 nitrogen and oxygen atoms in total. The van der Waals surface area contributed by atoms with E-state index in [1.165, 1.54) is 23.3 Å². The first-order valence-electron chi connectivity index (χ1n) is 1.92. The summed E-state index contributed by atoms with van der Waals surface area (Å²) in [6.07, 6.45) is 0. The quantitative estimate of drug-likeness (QED) is 0.338. The molecule has 0 aliphatic heterocycles. The van der Waals surface area contributed by atoms with E-state index in [-0.39, 0.29) is 4.32 Å². The molecule has 0 unspecified atom stereocenters. The standard InChI is InChI=1S/C2H5.CH3NS2.Zn/c1-2;2-1(3)4;/h1H2,2H3;(H3,2,3,4);. The van der Waals surface area contributed by atoms with Crippen molar-refractivity contribution in [3.05, 3.63) is 0 Å². The van der Waals surface area contributed by atoms with Gasteiger partial charge in [-0.3, -0.25) is 0 Å². The van der Waals surface area contributed by atoms with Crippen LogP contribution in [0.1, 0.15) is 6.92 Å². The minimum atomic E-state index is 0.194. The van der Waals surface area contributed by atoms with E-state index < -0.39 is 0 Å². The van der Waals surface area contributed by atoms with E-state index in [1.54, 1.807) is 0 Å². The molecule has 0 amide bonds. The van der Waals surface area contributed by atoms with Gasteiger partial charge in [-0.15, -0.1) is 12.6 Å². The number of nitrogens with two attached hydrogens (primary N) is 1. The molecule has 0 aromatic rings. The van der Waals surface area contributed by atoms with Crippen LogP contribution in [0.3, 0.4) is 0 Å². The van der Waals surface area contributed by atoms with Crippen LogP contribution in [-0.4, -0.2) is 4.32 Å². The Kier molecular flexibility index (Phi) is 15.4. The predicted molar refractivity (Wildman–Crippen MR) is 36.3 cm³/mol. The van der Waals surface area contributed by atoms with E-state index in [0.717, 1.165) is 0 Å². The summed E-state index contributed by atoms with van der Waals surface area (Å²) >= 11 is 9.10. The minimum Gasteiger partial charge on any atom is -0.385 e. The summed E-state index contributed by atoms with van der Waals surface area (Å²) in [6.45, 7) is 2.18. The van der Waals surface area contributed by atoms with Gasteiger partial charge in [0.05, 0.1) is 0 Å². The van der Waals surface area contributed by atoms with Crippen LogP contribution in [0.15, 0.2) is 0 Å². The Hall–Kier alpha value is 0.863. The molecule has 2 N–H and O–H groups in total. The van der Waals surface area contributed by atoms with Crippen LogP contribution >= 0.6 is 24.8 Å². The molecule has 0 saturated carbocycles. The SMILES string of the molecule is C[CH2][Zn].NC(=S)S. The van der Waals surface area contributed by atoms with Gasteiger partial charge in [0.1, 0.15) is 4.32 Å². The molecule has 0 fully saturated rings. The summed E-state index contributed by atoms with van der Waals surface area (Å²) in [5, 5.41) is 1.38. The van der Waals surface area contributed by atoms with Crippen LogP contribution in [0.4, 0.5) is 0 Å². The molecule has 0 aromatic heterocycles. The molecule has 0 bridgehead atoms. The van der Waals surface area contributed by atoms with Crippen molar-refractivity contribution in [2.75, 3.05) is 0 Å². The summed E-state index contributed by atoms with van der Waals surface area (Å²) < 4.78 is 0.194. The van der Waals surface area contributed by atoms with Gasteiger partial charge in [-0.05, 0) is 0 Å². The molecule has 0 heterocycles. The van der Waals surface area contributed by atoms with Crippen molar-refractivity contribution in [2.24, 2.45) is 5.73 Å². The molecule has 0 aliphatic carbocycles. The van der Waals surface area contributed by atoms with Crippen molar-refractivity contribution in [1.82, 2.24) is 0 Å². The van der Waals surface area contributed by atoms with E-state index in [1.807, 2.05) is 0 Å². The average molecular weight is 188 g/mol. The van der Waals surface area contributed by atoms with Crippen LogP contribution in [0.5, 0.6) is 0 Å². The van der Waals surface area contributed by atoms with Gasteiger partial charge in [0.25, 0.3) is 0 Å². The summed E-state index contributed by atoms with van der Waals surface area (Å²) in [5.41, 5.74) is 4.71. The van der Waals surface area contributed by atoms with Gasteiger partial charge in [0.15, 0.2) is 0 Å². The number of rotatable bonds is 0. The molecule has 0 saturated heterocycles. The molecular weight excluding hydrogens is 180 g/mol. The second kappa shape index (κ2) is 9.98. The first-order chi connectivity index (χ1) is 3.15. The van der Waals surface area contributed by atoms with Gasteiger partial charge in [-0.2, -0.15) is 0 Å². The van der Waals surface area contributed by atoms with Crippen molar-refractivity contribution < 1.29 is 18.3 Å². The van der Waals surface area contributed by atoms with Crippen molar-refractivity contribution in [3.63, 3.8) is 0 Å². The molecule has 0 radical (unpaired) electrons. The predicted octanol–water partition coefficient (Wildman–Crippen LogP) is 1.13. The molecule has 0 atom stereocenters. The zero-order chi connectivity index (χ0) is 6.28. The Morgan fingerprint density at radius 3 is 2.00 bits per heavy atom. The third-order valence-corrected chi connectivity index (χ3v) is 0. The van der Waals surface area contributed by atoms with Crippen LogP contribution in [0.25, 0.3) is 0 Å². The number of thiol groups is 1. The van der Waals surface area contributed by atoms with E-state index in [9.17, 15) is 0 Å². The zero-order valence-electron chi connectivity index (χ0n) is 4.35. The smallest absolute Gasteiger partial charge is 0.128 e. The normalized spacial score (nSPS) is 6.29. The van der Waals surface area contributed by atoms with E-state index in [4.69, 9.17) is 5.73 Å². The second-order valence-corrected chi connectivity index (χ2v) is 4.16. The molecule has 39 valence electrons. The largest absolute Gasteiger partial charge is 0.385 e. The first kappa shape index (κ1) is 10.8. The first-order valence-corrected chi connectivity index (χ1v) is 4.88. The fourth-order valence-electron chi connectivity index (χ4n) is 0. The number of hydrogen-bond donors (Lipinski definition) is 2. The van der Waals surface area contributed by atoms with Crippen LogP contribution in [0.2, 0.25) is 5.02 Å². The van der Waals surface area contributed by atoms with Gasteiger partial charge in [-0.25, -0.2) is 0 Å².